The topological polar surface area (TPSA) is 64.4 Å². The lowest BCUT2D eigenvalue weighted by atomic mass is 10.2. The van der Waals surface area contributed by atoms with Crippen molar-refractivity contribution >= 4 is 11.7 Å². The Morgan fingerprint density at radius 3 is 2.89 bits per heavy atom. The molecule has 100 valence electrons. The van der Waals surface area contributed by atoms with Gasteiger partial charge in [-0.3, -0.25) is 4.98 Å². The number of nitrogens with zero attached hydrogens (tertiary/aromatic N) is 1. The molecular formula is C14H16N2O3. The molecule has 0 fully saturated rings. The molecule has 0 radical (unpaired) electrons. The number of furan rings is 1. The fourth-order valence-electron chi connectivity index (χ4n) is 1.75. The van der Waals surface area contributed by atoms with Gasteiger partial charge in [0.1, 0.15) is 12.0 Å². The maximum absolute atomic E-state index is 11.3. The summed E-state index contributed by atoms with van der Waals surface area (Å²) in [5.41, 5.74) is 3.27. The van der Waals surface area contributed by atoms with Crippen molar-refractivity contribution in [3.8, 4) is 0 Å². The van der Waals surface area contributed by atoms with Crippen LogP contribution in [0.1, 0.15) is 27.5 Å². The summed E-state index contributed by atoms with van der Waals surface area (Å²) in [5, 5.41) is 3.22. The number of carbonyl (C=O) groups is 1. The van der Waals surface area contributed by atoms with Crippen molar-refractivity contribution < 1.29 is 13.9 Å². The highest BCUT2D eigenvalue weighted by molar-refractivity contribution is 5.88. The summed E-state index contributed by atoms with van der Waals surface area (Å²) in [4.78, 5) is 15.6. The van der Waals surface area contributed by atoms with Gasteiger partial charge in [0.05, 0.1) is 30.6 Å². The lowest BCUT2D eigenvalue weighted by Crippen LogP contribution is -2.02. The summed E-state index contributed by atoms with van der Waals surface area (Å²) in [7, 11) is 1.34. The lowest BCUT2D eigenvalue weighted by molar-refractivity contribution is 0.0600. The van der Waals surface area contributed by atoms with E-state index in [1.165, 1.54) is 13.4 Å². The highest BCUT2D eigenvalue weighted by Crippen LogP contribution is 2.15. The van der Waals surface area contributed by atoms with Gasteiger partial charge < -0.3 is 14.5 Å². The van der Waals surface area contributed by atoms with Crippen LogP contribution in [0.5, 0.6) is 0 Å². The highest BCUT2D eigenvalue weighted by Gasteiger charge is 2.10. The molecule has 0 saturated heterocycles. The van der Waals surface area contributed by atoms with E-state index in [0.717, 1.165) is 17.1 Å². The van der Waals surface area contributed by atoms with Gasteiger partial charge in [-0.25, -0.2) is 4.79 Å². The predicted molar refractivity (Wildman–Crippen MR) is 71.1 cm³/mol. The largest absolute Gasteiger partial charge is 0.467 e. The average molecular weight is 260 g/mol. The number of aromatic nitrogens is 1. The van der Waals surface area contributed by atoms with Crippen LogP contribution in [-0.2, 0) is 11.3 Å². The molecule has 2 heterocycles. The number of ether oxygens (including phenoxy) is 1. The minimum Gasteiger partial charge on any atom is -0.467 e. The summed E-state index contributed by atoms with van der Waals surface area (Å²) in [6.07, 6.45) is 1.39. The van der Waals surface area contributed by atoms with Crippen molar-refractivity contribution in [1.82, 2.24) is 4.98 Å². The number of aryl methyl sites for hydroxylation is 2. The fraction of sp³-hybridized carbons (Fsp3) is 0.286. The summed E-state index contributed by atoms with van der Waals surface area (Å²) >= 11 is 0. The van der Waals surface area contributed by atoms with Gasteiger partial charge in [0, 0.05) is 5.69 Å². The average Bonchev–Trinajstić information content (AvgIpc) is 2.85. The van der Waals surface area contributed by atoms with E-state index in [2.05, 4.69) is 15.0 Å². The molecule has 0 atom stereocenters. The summed E-state index contributed by atoms with van der Waals surface area (Å²) in [5.74, 6) is 0.267. The Labute approximate surface area is 111 Å². The molecule has 2 rings (SSSR count). The van der Waals surface area contributed by atoms with E-state index in [1.807, 2.05) is 26.0 Å². The number of hydrogen-bond donors (Lipinski definition) is 1. The second kappa shape index (κ2) is 5.56. The SMILES string of the molecule is COC(=O)c1coc(CNc2ccc(C)nc2C)c1. The highest BCUT2D eigenvalue weighted by atomic mass is 16.5. The molecule has 0 unspecified atom stereocenters. The molecule has 0 aromatic carbocycles. The van der Waals surface area contributed by atoms with Crippen LogP contribution < -0.4 is 5.32 Å². The van der Waals surface area contributed by atoms with E-state index in [-0.39, 0.29) is 0 Å². The predicted octanol–water partition coefficient (Wildman–Crippen LogP) is 2.69. The third kappa shape index (κ3) is 3.13. The van der Waals surface area contributed by atoms with Gasteiger partial charge >= 0.3 is 5.97 Å². The van der Waals surface area contributed by atoms with E-state index >= 15 is 0 Å². The number of nitrogens with one attached hydrogen (secondary N) is 1. The van der Waals surface area contributed by atoms with Gasteiger partial charge in [-0.05, 0) is 32.0 Å². The van der Waals surface area contributed by atoms with E-state index in [4.69, 9.17) is 4.42 Å². The fourth-order valence-corrected chi connectivity index (χ4v) is 1.75. The van der Waals surface area contributed by atoms with Crippen molar-refractivity contribution in [1.29, 1.82) is 0 Å². The number of esters is 1. The number of methoxy groups -OCH3 is 1. The minimum absolute atomic E-state index is 0.400. The molecule has 1 N–H and O–H groups in total. The van der Waals surface area contributed by atoms with Gasteiger partial charge in [-0.15, -0.1) is 0 Å². The van der Waals surface area contributed by atoms with Gasteiger partial charge in [-0.1, -0.05) is 0 Å². The molecule has 0 aliphatic heterocycles. The maximum Gasteiger partial charge on any atom is 0.341 e. The Bertz CT molecular complexity index is 590. The van der Waals surface area contributed by atoms with Gasteiger partial charge in [-0.2, -0.15) is 0 Å². The molecule has 2 aromatic rings. The van der Waals surface area contributed by atoms with Crippen LogP contribution in [0.4, 0.5) is 5.69 Å². The molecule has 5 heteroatoms. The zero-order valence-electron chi connectivity index (χ0n) is 11.2. The first-order chi connectivity index (χ1) is 9.10. The first-order valence-corrected chi connectivity index (χ1v) is 5.94. The maximum atomic E-state index is 11.3. The number of pyridine rings is 1. The van der Waals surface area contributed by atoms with E-state index in [0.29, 0.717) is 17.9 Å². The Balaban J connectivity index is 2.02. The van der Waals surface area contributed by atoms with Gasteiger partial charge in [0.15, 0.2) is 0 Å². The second-order valence-electron chi connectivity index (χ2n) is 4.23. The summed E-state index contributed by atoms with van der Waals surface area (Å²) < 4.78 is 9.90. The Morgan fingerprint density at radius 1 is 1.42 bits per heavy atom. The van der Waals surface area contributed by atoms with E-state index in [9.17, 15) is 4.79 Å². The van der Waals surface area contributed by atoms with Crippen molar-refractivity contribution in [3.63, 3.8) is 0 Å². The molecule has 0 spiro atoms. The van der Waals surface area contributed by atoms with Gasteiger partial charge in [0.25, 0.3) is 0 Å². The van der Waals surface area contributed by atoms with Crippen LogP contribution in [0.25, 0.3) is 0 Å². The molecule has 0 saturated carbocycles. The van der Waals surface area contributed by atoms with Crippen molar-refractivity contribution in [2.24, 2.45) is 0 Å². The minimum atomic E-state index is -0.400. The normalized spacial score (nSPS) is 10.3. The van der Waals surface area contributed by atoms with Gasteiger partial charge in [0.2, 0.25) is 0 Å². The molecule has 0 bridgehead atoms. The van der Waals surface area contributed by atoms with Crippen LogP contribution >= 0.6 is 0 Å². The van der Waals surface area contributed by atoms with E-state index in [1.54, 1.807) is 6.07 Å². The number of anilines is 1. The molecule has 0 aliphatic carbocycles. The van der Waals surface area contributed by atoms with Crippen molar-refractivity contribution in [2.45, 2.75) is 20.4 Å². The third-order valence-corrected chi connectivity index (χ3v) is 2.75. The molecule has 19 heavy (non-hydrogen) atoms. The zero-order valence-corrected chi connectivity index (χ0v) is 11.2. The van der Waals surface area contributed by atoms with Crippen LogP contribution in [0.2, 0.25) is 0 Å². The zero-order chi connectivity index (χ0) is 13.8. The van der Waals surface area contributed by atoms with Crippen LogP contribution in [-0.4, -0.2) is 18.1 Å². The lowest BCUT2D eigenvalue weighted by Gasteiger charge is -2.07. The smallest absolute Gasteiger partial charge is 0.341 e. The first kappa shape index (κ1) is 13.1. The van der Waals surface area contributed by atoms with Crippen LogP contribution in [0.3, 0.4) is 0 Å². The van der Waals surface area contributed by atoms with Crippen molar-refractivity contribution in [2.75, 3.05) is 12.4 Å². The summed E-state index contributed by atoms with van der Waals surface area (Å²) in [6, 6.07) is 5.58. The summed E-state index contributed by atoms with van der Waals surface area (Å²) in [6.45, 7) is 4.38. The molecule has 0 amide bonds. The quantitative estimate of drug-likeness (QED) is 0.856. The molecule has 5 nitrogen and oxygen atoms in total. The first-order valence-electron chi connectivity index (χ1n) is 5.94. The standard InChI is InChI=1S/C14H16N2O3/c1-9-4-5-13(10(2)16-9)15-7-12-6-11(8-19-12)14(17)18-3/h4-6,8,15H,7H2,1-3H3. The number of rotatable bonds is 4. The van der Waals surface area contributed by atoms with E-state index < -0.39 is 5.97 Å². The van der Waals surface area contributed by atoms with Crippen LogP contribution in [0, 0.1) is 13.8 Å². The third-order valence-electron chi connectivity index (χ3n) is 2.75. The molecular weight excluding hydrogens is 244 g/mol. The Kier molecular flexibility index (Phi) is 3.85. The Morgan fingerprint density at radius 2 is 2.21 bits per heavy atom. The van der Waals surface area contributed by atoms with Crippen molar-refractivity contribution in [3.05, 3.63) is 47.2 Å². The number of carbonyl (C=O) groups excluding carboxylic acids is 1. The Hall–Kier alpha value is -2.30. The second-order valence-corrected chi connectivity index (χ2v) is 4.23. The monoisotopic (exact) mass is 260 g/mol. The molecule has 0 aliphatic rings. The molecule has 2 aromatic heterocycles. The van der Waals surface area contributed by atoms with Crippen LogP contribution in [0.15, 0.2) is 28.9 Å². The number of hydrogen-bond acceptors (Lipinski definition) is 5.